The Kier molecular flexibility index (Phi) is 10.4. The molecule has 1 heterocycles. The van der Waals surface area contributed by atoms with Gasteiger partial charge in [-0.3, -0.25) is 14.0 Å². The van der Waals surface area contributed by atoms with E-state index < -0.39 is 16.6 Å². The summed E-state index contributed by atoms with van der Waals surface area (Å²) in [6.07, 6.45) is 13.4. The molecule has 0 amide bonds. The number of ether oxygens (including phenoxy) is 2. The molecule has 7 rings (SSSR count). The Bertz CT molecular complexity index is 1550. The van der Waals surface area contributed by atoms with Crippen molar-refractivity contribution in [1.82, 2.24) is 10.2 Å². The molecule has 1 aromatic carbocycles. The highest BCUT2D eigenvalue weighted by Gasteiger charge is 2.71. The molecule has 10 atom stereocenters. The first-order valence-electron chi connectivity index (χ1n) is 20.7. The second-order valence-corrected chi connectivity index (χ2v) is 22.3. The van der Waals surface area contributed by atoms with Gasteiger partial charge < -0.3 is 19.9 Å². The number of methoxy groups -OCH3 is 2. The number of hydrogen-bond donors (Lipinski definition) is 4. The number of allylic oxidation sites excluding steroid dienone is 2. The summed E-state index contributed by atoms with van der Waals surface area (Å²) in [5.41, 5.74) is 3.27. The van der Waals surface area contributed by atoms with Crippen molar-refractivity contribution in [2.24, 2.45) is 51.2 Å². The van der Waals surface area contributed by atoms with Crippen molar-refractivity contribution in [2.45, 2.75) is 110 Å². The molecule has 8 nitrogen and oxygen atoms in total. The van der Waals surface area contributed by atoms with E-state index in [0.717, 1.165) is 39.0 Å². The Hall–Kier alpha value is -1.46. The highest BCUT2D eigenvalue weighted by molar-refractivity contribution is 8.24. The van der Waals surface area contributed by atoms with Gasteiger partial charge in [0.1, 0.15) is 0 Å². The molecule has 1 aromatic rings. The van der Waals surface area contributed by atoms with Crippen LogP contribution in [0.15, 0.2) is 30.3 Å². The number of fused-ring (bicyclic) bond motifs is 7. The molecule has 4 saturated carbocycles. The van der Waals surface area contributed by atoms with Crippen molar-refractivity contribution in [3.63, 3.8) is 0 Å². The Labute approximate surface area is 321 Å². The zero-order chi connectivity index (χ0) is 38.2. The zero-order valence-electron chi connectivity index (χ0n) is 34.0. The maximum Gasteiger partial charge on any atom is 0.335 e. The predicted molar refractivity (Wildman–Crippen MR) is 216 cm³/mol. The fourth-order valence-corrected chi connectivity index (χ4v) is 15.8. The smallest absolute Gasteiger partial charge is 0.335 e. The van der Waals surface area contributed by atoms with Crippen molar-refractivity contribution in [3.05, 3.63) is 41.5 Å². The van der Waals surface area contributed by atoms with Crippen molar-refractivity contribution in [1.29, 1.82) is 0 Å². The summed E-state index contributed by atoms with van der Waals surface area (Å²) in [7, 11) is 1.32. The largest absolute Gasteiger partial charge is 0.478 e. The molecule has 0 aromatic heterocycles. The number of nitrogens with one attached hydrogen (secondary N) is 1. The minimum Gasteiger partial charge on any atom is -0.478 e. The molecule has 0 radical (unpaired) electrons. The summed E-state index contributed by atoms with van der Waals surface area (Å²) < 4.78 is 32.7. The number of benzene rings is 1. The van der Waals surface area contributed by atoms with Crippen LogP contribution in [0.2, 0.25) is 0 Å². The summed E-state index contributed by atoms with van der Waals surface area (Å²) in [6.45, 7) is 19.3. The minimum absolute atomic E-state index is 0.00897. The molecule has 0 bridgehead atoms. The predicted octanol–water partition coefficient (Wildman–Crippen LogP) is 8.92. The molecule has 0 spiro atoms. The molecule has 1 aliphatic heterocycles. The fraction of sp³-hybridized carbons (Fsp3) is 0.795. The molecule has 6 aliphatic rings. The van der Waals surface area contributed by atoms with Crippen molar-refractivity contribution >= 4 is 22.1 Å². The quantitative estimate of drug-likeness (QED) is 0.188. The Morgan fingerprint density at radius 2 is 1.62 bits per heavy atom. The van der Waals surface area contributed by atoms with Gasteiger partial charge in [-0.1, -0.05) is 52.8 Å². The van der Waals surface area contributed by atoms with Crippen LogP contribution >= 0.6 is 10.6 Å². The van der Waals surface area contributed by atoms with Gasteiger partial charge in [0.2, 0.25) is 0 Å². The van der Waals surface area contributed by atoms with E-state index in [1.165, 1.54) is 56.1 Å². The third-order valence-corrected chi connectivity index (χ3v) is 19.2. The van der Waals surface area contributed by atoms with Crippen LogP contribution in [-0.4, -0.2) is 94.7 Å². The fourth-order valence-electron chi connectivity index (χ4n) is 14.5. The van der Waals surface area contributed by atoms with Crippen LogP contribution in [0.4, 0.5) is 0 Å². The van der Waals surface area contributed by atoms with E-state index in [4.69, 9.17) is 9.47 Å². The van der Waals surface area contributed by atoms with Crippen LogP contribution in [0.5, 0.6) is 0 Å². The van der Waals surface area contributed by atoms with Gasteiger partial charge in [0.25, 0.3) is 0 Å². The first kappa shape index (κ1) is 39.8. The lowest BCUT2D eigenvalue weighted by Gasteiger charge is -2.72. The lowest BCUT2D eigenvalue weighted by atomic mass is 9.32. The molecule has 5 aliphatic carbocycles. The van der Waals surface area contributed by atoms with E-state index in [2.05, 4.69) is 57.8 Å². The second kappa shape index (κ2) is 13.9. The monoisotopic (exact) mass is 754 g/mol. The Balaban J connectivity index is 1.18. The summed E-state index contributed by atoms with van der Waals surface area (Å²) in [5.74, 6) is 2.84. The van der Waals surface area contributed by atoms with Gasteiger partial charge in [-0.2, -0.15) is 10.6 Å². The molecular weight excluding hydrogens is 685 g/mol. The van der Waals surface area contributed by atoms with E-state index in [-0.39, 0.29) is 32.8 Å². The van der Waals surface area contributed by atoms with Gasteiger partial charge in [-0.05, 0) is 139 Å². The molecular formula is C44H70N2O6S. The topological polar surface area (TPSA) is 111 Å². The maximum absolute atomic E-state index is 11.6. The first-order chi connectivity index (χ1) is 24.9. The van der Waals surface area contributed by atoms with E-state index in [0.29, 0.717) is 53.3 Å². The normalized spacial score (nSPS) is 42.2. The van der Waals surface area contributed by atoms with Gasteiger partial charge in [-0.15, -0.1) is 0 Å². The molecule has 4 N–H and O–H groups in total. The van der Waals surface area contributed by atoms with Gasteiger partial charge in [0.15, 0.2) is 0 Å². The van der Waals surface area contributed by atoms with Crippen molar-refractivity contribution in [2.75, 3.05) is 58.5 Å². The molecule has 298 valence electrons. The van der Waals surface area contributed by atoms with E-state index in [9.17, 15) is 19.0 Å². The van der Waals surface area contributed by atoms with Gasteiger partial charge in [0.05, 0.1) is 29.3 Å². The van der Waals surface area contributed by atoms with Crippen LogP contribution in [0.1, 0.15) is 115 Å². The summed E-state index contributed by atoms with van der Waals surface area (Å²) in [5, 5.41) is 13.8. The molecule has 1 saturated heterocycles. The average Bonchev–Trinajstić information content (AvgIpc) is 3.49. The molecule has 1 unspecified atom stereocenters. The SMILES string of the molecule is COCC(C)(OC)[C@@H]1CC[C@]2(NCCN3CCS(O)(O)CC3)CC[C@]3(C)[C@H](CC[C@@H]4[C@@]5(C)CC=C(c6ccc(C(=O)O)cc6)C(C)(C)[C@@H]5CC[C@]43C)[C@@H]12. The lowest BCUT2D eigenvalue weighted by molar-refractivity contribution is -0.228. The lowest BCUT2D eigenvalue weighted by Crippen LogP contribution is -2.69. The zero-order valence-corrected chi connectivity index (χ0v) is 34.8. The highest BCUT2D eigenvalue weighted by atomic mass is 32.3. The second-order valence-electron chi connectivity index (χ2n) is 19.9. The number of carbonyl (C=O) groups is 1. The van der Waals surface area contributed by atoms with Gasteiger partial charge in [0, 0.05) is 45.9 Å². The van der Waals surface area contributed by atoms with Crippen LogP contribution in [0, 0.1) is 51.2 Å². The Morgan fingerprint density at radius 1 is 0.925 bits per heavy atom. The number of rotatable bonds is 10. The van der Waals surface area contributed by atoms with E-state index in [1.807, 2.05) is 26.4 Å². The number of aromatic carboxylic acids is 1. The van der Waals surface area contributed by atoms with Crippen molar-refractivity contribution < 1.29 is 28.5 Å². The number of nitrogens with zero attached hydrogens (tertiary/aromatic N) is 1. The summed E-state index contributed by atoms with van der Waals surface area (Å²) >= 11 is 0. The van der Waals surface area contributed by atoms with Crippen LogP contribution < -0.4 is 5.32 Å². The van der Waals surface area contributed by atoms with Gasteiger partial charge in [-0.25, -0.2) is 4.79 Å². The highest BCUT2D eigenvalue weighted by Crippen LogP contribution is 2.77. The maximum atomic E-state index is 11.6. The molecule has 53 heavy (non-hydrogen) atoms. The molecule has 5 fully saturated rings. The Morgan fingerprint density at radius 3 is 2.26 bits per heavy atom. The van der Waals surface area contributed by atoms with Gasteiger partial charge >= 0.3 is 5.97 Å². The number of carboxylic acids is 1. The van der Waals surface area contributed by atoms with Crippen LogP contribution in [0.25, 0.3) is 5.57 Å². The third kappa shape index (κ3) is 6.29. The first-order valence-corrected chi connectivity index (χ1v) is 22.6. The van der Waals surface area contributed by atoms with Crippen LogP contribution in [-0.2, 0) is 9.47 Å². The average molecular weight is 755 g/mol. The van der Waals surface area contributed by atoms with Crippen LogP contribution in [0.3, 0.4) is 0 Å². The summed E-state index contributed by atoms with van der Waals surface area (Å²) in [6, 6.07) is 7.59. The third-order valence-electron chi connectivity index (χ3n) is 17.5. The number of carboxylic acid groups (broad SMARTS) is 1. The number of hydrogen-bond acceptors (Lipinski definition) is 7. The summed E-state index contributed by atoms with van der Waals surface area (Å²) in [4.78, 5) is 14.0. The molecule has 9 heteroatoms. The standard InChI is InChI=1S/C44H70N2O6S/c1-39(2)32(30-9-11-31(12-10-30)38(47)48)15-18-40(3)35(39)17-19-42(5)36(40)14-13-33-37-34(43(6,52-8)29-51-7)16-20-44(37,22-21-41(33,42)4)45-23-24-46-25-27-53(49,50)28-26-46/h9-12,15,33-37,45,49-50H,13-14,16-29H2,1-8H3,(H,47,48)/t33-,34-,35+,36-,37+,40+,41-,42-,43?,44+/m1/s1. The van der Waals surface area contributed by atoms with E-state index in [1.54, 1.807) is 12.1 Å². The minimum atomic E-state index is -2.39. The van der Waals surface area contributed by atoms with E-state index >= 15 is 0 Å². The van der Waals surface area contributed by atoms with Crippen molar-refractivity contribution in [3.8, 4) is 0 Å².